The van der Waals surface area contributed by atoms with Crippen molar-refractivity contribution in [1.82, 2.24) is 37.2 Å². The molecule has 0 aromatic carbocycles. The van der Waals surface area contributed by atoms with Crippen molar-refractivity contribution in [2.45, 2.75) is 154 Å². The Morgan fingerprint density at radius 2 is 1.22 bits per heavy atom. The minimum absolute atomic E-state index is 0.0896. The lowest BCUT2D eigenvalue weighted by atomic mass is 9.96. The van der Waals surface area contributed by atoms with Crippen LogP contribution in [0.15, 0.2) is 0 Å². The molecular formula is C39H72N10O14. The smallest absolute Gasteiger partial charge is 0.243 e. The zero-order chi connectivity index (χ0) is 48.3. The van der Waals surface area contributed by atoms with E-state index < -0.39 is 158 Å². The molecule has 1 fully saturated rings. The van der Waals surface area contributed by atoms with Crippen molar-refractivity contribution in [1.29, 1.82) is 0 Å². The van der Waals surface area contributed by atoms with E-state index in [9.17, 15) is 58.8 Å². The number of nitrogens with two attached hydrogens (primary N) is 3. The molecule has 1 aliphatic rings. The molecule has 0 aromatic heterocycles. The third-order valence-corrected chi connectivity index (χ3v) is 10.5. The van der Waals surface area contributed by atoms with E-state index in [2.05, 4.69) is 37.2 Å². The maximum atomic E-state index is 13.9. The summed E-state index contributed by atoms with van der Waals surface area (Å²) < 4.78 is 11.1. The zero-order valence-corrected chi connectivity index (χ0v) is 37.4. The lowest BCUT2D eigenvalue weighted by Crippen LogP contribution is -2.65. The predicted molar refractivity (Wildman–Crippen MR) is 225 cm³/mol. The van der Waals surface area contributed by atoms with Crippen molar-refractivity contribution in [2.75, 3.05) is 26.4 Å². The lowest BCUT2D eigenvalue weighted by Gasteiger charge is -2.42. The van der Waals surface area contributed by atoms with Gasteiger partial charge in [0, 0.05) is 6.92 Å². The zero-order valence-electron chi connectivity index (χ0n) is 37.4. The first-order valence-corrected chi connectivity index (χ1v) is 21.1. The van der Waals surface area contributed by atoms with Gasteiger partial charge in [-0.2, -0.15) is 0 Å². The van der Waals surface area contributed by atoms with Crippen LogP contribution in [0.2, 0.25) is 0 Å². The van der Waals surface area contributed by atoms with Crippen LogP contribution in [-0.2, 0) is 47.8 Å². The summed E-state index contributed by atoms with van der Waals surface area (Å²) in [5.74, 6) is -7.75. The SMILES string of the molecule is CC[C@H](C)[C@H](NC(=O)[C@@H](N)CO[C@H]1O[C@H](CO)[C@H](O)[C@H](O)[C@H]1NC(C)=O)C(=O)N[C@@H](CCCCN)C(=O)N[C@H](C(=O)N[C@@H](C)C(=O)N[C@H](C(=O)N[C@@H](CO)C(N)=O)C(C)C)C(C)C. The third-order valence-electron chi connectivity index (χ3n) is 10.5. The molecule has 63 heavy (non-hydrogen) atoms. The highest BCUT2D eigenvalue weighted by atomic mass is 16.7. The van der Waals surface area contributed by atoms with Gasteiger partial charge in [-0.3, -0.25) is 38.4 Å². The second-order valence-corrected chi connectivity index (χ2v) is 16.4. The van der Waals surface area contributed by atoms with Gasteiger partial charge in [0.2, 0.25) is 47.3 Å². The van der Waals surface area contributed by atoms with Gasteiger partial charge in [-0.15, -0.1) is 0 Å². The van der Waals surface area contributed by atoms with Crippen LogP contribution in [0.4, 0.5) is 0 Å². The average molecular weight is 905 g/mol. The number of hydrogen-bond donors (Lipinski definition) is 14. The van der Waals surface area contributed by atoms with Crippen LogP contribution >= 0.6 is 0 Å². The molecule has 0 unspecified atom stereocenters. The van der Waals surface area contributed by atoms with Crippen molar-refractivity contribution in [2.24, 2.45) is 35.0 Å². The highest BCUT2D eigenvalue weighted by Crippen LogP contribution is 2.22. The Morgan fingerprint density at radius 3 is 1.71 bits per heavy atom. The van der Waals surface area contributed by atoms with E-state index in [1.807, 2.05) is 0 Å². The standard InChI is InChI=1S/C39H72N10O14/c1-9-19(6)28(49-34(57)22(41)16-62-39-29(44-21(8)52)31(54)30(53)25(15-51)63-39)38(61)45-23(12-10-11-13-40)35(58)48-26(17(2)3)36(59)43-20(7)33(56)47-27(18(4)5)37(60)46-24(14-50)32(42)55/h17-20,22-31,39,50-51,53-54H,9-16,40-41H2,1-8H3,(H2,42,55)(H,43,59)(H,44,52)(H,45,61)(H,46,60)(H,47,56)(H,48,58)(H,49,57)/t19-,20-,22-,23-,24-,25+,26-,27-,28-,29+,30-,31+,39-/m0/s1. The van der Waals surface area contributed by atoms with Crippen LogP contribution in [0.3, 0.4) is 0 Å². The van der Waals surface area contributed by atoms with Gasteiger partial charge in [0.15, 0.2) is 6.29 Å². The molecule has 362 valence electrons. The number of ether oxygens (including phenoxy) is 2. The van der Waals surface area contributed by atoms with E-state index in [1.54, 1.807) is 41.5 Å². The van der Waals surface area contributed by atoms with Crippen molar-refractivity contribution < 1.29 is 68.3 Å². The van der Waals surface area contributed by atoms with E-state index in [-0.39, 0.29) is 13.0 Å². The Bertz CT molecular complexity index is 1540. The molecular weight excluding hydrogens is 832 g/mol. The molecule has 0 aromatic rings. The first-order chi connectivity index (χ1) is 29.4. The number of rotatable bonds is 27. The summed E-state index contributed by atoms with van der Waals surface area (Å²) in [6.45, 7) is 10.8. The fourth-order valence-corrected chi connectivity index (χ4v) is 6.31. The van der Waals surface area contributed by atoms with Crippen molar-refractivity contribution in [3.8, 4) is 0 Å². The minimum Gasteiger partial charge on any atom is -0.394 e. The molecule has 0 spiro atoms. The Labute approximate surface area is 367 Å². The van der Waals surface area contributed by atoms with E-state index in [1.165, 1.54) is 6.92 Å². The number of aliphatic hydroxyl groups excluding tert-OH is 4. The van der Waals surface area contributed by atoms with Gasteiger partial charge in [0.25, 0.3) is 0 Å². The van der Waals surface area contributed by atoms with E-state index in [0.717, 1.165) is 6.92 Å². The summed E-state index contributed by atoms with van der Waals surface area (Å²) >= 11 is 0. The molecule has 0 radical (unpaired) electrons. The van der Waals surface area contributed by atoms with Crippen LogP contribution in [0, 0.1) is 17.8 Å². The summed E-state index contributed by atoms with van der Waals surface area (Å²) in [4.78, 5) is 104. The number of unbranched alkanes of at least 4 members (excludes halogenated alkanes) is 1. The summed E-state index contributed by atoms with van der Waals surface area (Å²) in [5.41, 5.74) is 17.0. The minimum atomic E-state index is -1.60. The second-order valence-electron chi connectivity index (χ2n) is 16.4. The van der Waals surface area contributed by atoms with E-state index in [0.29, 0.717) is 19.3 Å². The van der Waals surface area contributed by atoms with Crippen LogP contribution < -0.4 is 54.4 Å². The summed E-state index contributed by atoms with van der Waals surface area (Å²) in [6, 6.07) is -10.2. The Kier molecular flexibility index (Phi) is 24.7. The average Bonchev–Trinajstić information content (AvgIpc) is 3.22. The molecule has 1 heterocycles. The fourth-order valence-electron chi connectivity index (χ4n) is 6.31. The molecule has 1 saturated heterocycles. The lowest BCUT2D eigenvalue weighted by molar-refractivity contribution is -0.270. The van der Waals surface area contributed by atoms with Gasteiger partial charge in [0.1, 0.15) is 66.6 Å². The molecule has 8 amide bonds. The topological polar surface area (TPSA) is 398 Å². The van der Waals surface area contributed by atoms with Crippen molar-refractivity contribution >= 4 is 47.3 Å². The molecule has 24 heteroatoms. The quantitative estimate of drug-likeness (QED) is 0.0342. The number of nitrogens with one attached hydrogen (secondary N) is 7. The van der Waals surface area contributed by atoms with Gasteiger partial charge in [0.05, 0.1) is 19.8 Å². The number of hydrogen-bond acceptors (Lipinski definition) is 16. The van der Waals surface area contributed by atoms with Crippen molar-refractivity contribution in [3.63, 3.8) is 0 Å². The predicted octanol–water partition coefficient (Wildman–Crippen LogP) is -5.83. The molecule has 0 saturated carbocycles. The maximum Gasteiger partial charge on any atom is 0.243 e. The number of aliphatic hydroxyl groups is 4. The fraction of sp³-hybridized carbons (Fsp3) is 0.795. The van der Waals surface area contributed by atoms with E-state index in [4.69, 9.17) is 26.7 Å². The van der Waals surface area contributed by atoms with Crippen LogP contribution in [0.5, 0.6) is 0 Å². The summed E-state index contributed by atoms with van der Waals surface area (Å²) in [7, 11) is 0. The van der Waals surface area contributed by atoms with Gasteiger partial charge in [-0.05, 0) is 50.5 Å². The van der Waals surface area contributed by atoms with Gasteiger partial charge >= 0.3 is 0 Å². The number of carbonyl (C=O) groups is 8. The Morgan fingerprint density at radius 1 is 0.698 bits per heavy atom. The maximum absolute atomic E-state index is 13.9. The van der Waals surface area contributed by atoms with Crippen LogP contribution in [0.25, 0.3) is 0 Å². The van der Waals surface area contributed by atoms with Gasteiger partial charge in [-0.25, -0.2) is 0 Å². The Hall–Kier alpha value is -4.56. The molecule has 13 atom stereocenters. The van der Waals surface area contributed by atoms with Crippen LogP contribution in [0.1, 0.15) is 81.1 Å². The van der Waals surface area contributed by atoms with Gasteiger partial charge < -0.3 is 84.3 Å². The van der Waals surface area contributed by atoms with Crippen molar-refractivity contribution in [3.05, 3.63) is 0 Å². The van der Waals surface area contributed by atoms with Crippen LogP contribution in [-0.4, -0.2) is 167 Å². The Balaban J connectivity index is 3.15. The summed E-state index contributed by atoms with van der Waals surface area (Å²) in [5, 5.41) is 57.4. The summed E-state index contributed by atoms with van der Waals surface area (Å²) in [6.07, 6.45) is -4.53. The highest BCUT2D eigenvalue weighted by Gasteiger charge is 2.46. The largest absolute Gasteiger partial charge is 0.394 e. The third kappa shape index (κ3) is 17.9. The number of amides is 8. The molecule has 0 bridgehead atoms. The highest BCUT2D eigenvalue weighted by molar-refractivity contribution is 5.97. The molecule has 24 nitrogen and oxygen atoms in total. The molecule has 0 aliphatic carbocycles. The van der Waals surface area contributed by atoms with E-state index >= 15 is 0 Å². The molecule has 1 aliphatic heterocycles. The molecule has 1 rings (SSSR count). The molecule has 17 N–H and O–H groups in total. The first-order valence-electron chi connectivity index (χ1n) is 21.1. The normalized spacial score (nSPS) is 22.5. The number of carbonyl (C=O) groups excluding carboxylic acids is 8. The first kappa shape index (κ1) is 56.5. The monoisotopic (exact) mass is 905 g/mol. The second kappa shape index (κ2) is 27.6. The number of primary amides is 1. The van der Waals surface area contributed by atoms with Gasteiger partial charge in [-0.1, -0.05) is 48.0 Å².